The van der Waals surface area contributed by atoms with Gasteiger partial charge in [0.1, 0.15) is 12.4 Å². The summed E-state index contributed by atoms with van der Waals surface area (Å²) < 4.78 is 12.9. The van der Waals surface area contributed by atoms with E-state index in [1.807, 2.05) is 19.1 Å². The number of ether oxygens (including phenoxy) is 2. The molecule has 6 nitrogen and oxygen atoms in total. The molecule has 1 saturated heterocycles. The Morgan fingerprint density at radius 1 is 1.36 bits per heavy atom. The van der Waals surface area contributed by atoms with Crippen LogP contribution in [-0.4, -0.2) is 29.8 Å². The fraction of sp³-hybridized carbons (Fsp3) is 0.368. The Morgan fingerprint density at radius 2 is 2.20 bits per heavy atom. The molecule has 0 aliphatic carbocycles. The maximum absolute atomic E-state index is 12.4. The molecule has 1 fully saturated rings. The molecule has 1 aliphatic rings. The van der Waals surface area contributed by atoms with Crippen molar-refractivity contribution in [3.8, 4) is 5.75 Å². The zero-order valence-electron chi connectivity index (χ0n) is 14.2. The van der Waals surface area contributed by atoms with Gasteiger partial charge in [0.15, 0.2) is 0 Å². The van der Waals surface area contributed by atoms with Crippen LogP contribution in [0.25, 0.3) is 0 Å². The van der Waals surface area contributed by atoms with Crippen molar-refractivity contribution in [2.45, 2.75) is 32.4 Å². The van der Waals surface area contributed by atoms with E-state index in [2.05, 4.69) is 5.32 Å². The molecule has 3 rings (SSSR count). The van der Waals surface area contributed by atoms with E-state index in [1.165, 1.54) is 10.6 Å². The minimum Gasteiger partial charge on any atom is -0.489 e. The molecule has 1 aromatic carbocycles. The van der Waals surface area contributed by atoms with Crippen molar-refractivity contribution >= 4 is 11.6 Å². The summed E-state index contributed by atoms with van der Waals surface area (Å²) in [4.78, 5) is 24.3. The molecule has 25 heavy (non-hydrogen) atoms. The van der Waals surface area contributed by atoms with Crippen LogP contribution < -0.4 is 15.6 Å². The summed E-state index contributed by atoms with van der Waals surface area (Å²) in [6, 6.07) is 10.2. The summed E-state index contributed by atoms with van der Waals surface area (Å²) >= 11 is 0. The highest BCUT2D eigenvalue weighted by Gasteiger charge is 2.17. The first-order valence-corrected chi connectivity index (χ1v) is 8.52. The van der Waals surface area contributed by atoms with Gasteiger partial charge in [-0.1, -0.05) is 12.1 Å². The lowest BCUT2D eigenvalue weighted by Gasteiger charge is -2.15. The van der Waals surface area contributed by atoms with Crippen molar-refractivity contribution in [1.82, 2.24) is 4.57 Å². The minimum atomic E-state index is -0.339. The molecule has 2 aromatic rings. The number of pyridine rings is 1. The van der Waals surface area contributed by atoms with Crippen molar-refractivity contribution in [1.29, 1.82) is 0 Å². The summed E-state index contributed by atoms with van der Waals surface area (Å²) in [5, 5.41) is 2.81. The highest BCUT2D eigenvalue weighted by Crippen LogP contribution is 2.25. The fourth-order valence-corrected chi connectivity index (χ4v) is 2.76. The minimum absolute atomic E-state index is 0.102. The summed E-state index contributed by atoms with van der Waals surface area (Å²) in [5.74, 6) is 0.252. The van der Waals surface area contributed by atoms with Gasteiger partial charge < -0.3 is 19.4 Å². The number of nitrogens with one attached hydrogen (secondary N) is 1. The van der Waals surface area contributed by atoms with Crippen LogP contribution in [0.3, 0.4) is 0 Å². The number of para-hydroxylation sites is 2. The molecule has 2 heterocycles. The van der Waals surface area contributed by atoms with E-state index in [0.29, 0.717) is 30.2 Å². The van der Waals surface area contributed by atoms with Crippen LogP contribution >= 0.6 is 0 Å². The third kappa shape index (κ3) is 4.28. The smallest absolute Gasteiger partial charge is 0.256 e. The number of hydrogen-bond donors (Lipinski definition) is 1. The van der Waals surface area contributed by atoms with Gasteiger partial charge in [0.25, 0.3) is 11.5 Å². The van der Waals surface area contributed by atoms with E-state index in [4.69, 9.17) is 9.47 Å². The Balaban J connectivity index is 1.70. The van der Waals surface area contributed by atoms with E-state index < -0.39 is 0 Å². The average molecular weight is 342 g/mol. The molecule has 6 heteroatoms. The molecule has 0 bridgehead atoms. The van der Waals surface area contributed by atoms with Crippen molar-refractivity contribution < 1.29 is 14.3 Å². The number of amides is 1. The first kappa shape index (κ1) is 17.2. The molecule has 0 radical (unpaired) electrons. The van der Waals surface area contributed by atoms with Crippen molar-refractivity contribution in [2.24, 2.45) is 0 Å². The molecule has 0 saturated carbocycles. The molecule has 1 amide bonds. The summed E-state index contributed by atoms with van der Waals surface area (Å²) in [5.41, 5.74) is 0.701. The average Bonchev–Trinajstić information content (AvgIpc) is 3.14. The number of anilines is 1. The quantitative estimate of drug-likeness (QED) is 0.876. The SMILES string of the molecule is CCn1ccc(C(=O)Nc2ccccc2OCC2CCCO2)cc1=O. The third-order valence-corrected chi connectivity index (χ3v) is 4.18. The van der Waals surface area contributed by atoms with Crippen LogP contribution in [0, 0.1) is 0 Å². The van der Waals surface area contributed by atoms with Crippen LogP contribution in [0.5, 0.6) is 5.75 Å². The highest BCUT2D eigenvalue weighted by atomic mass is 16.5. The first-order chi connectivity index (χ1) is 12.2. The molecular formula is C19H22N2O4. The lowest BCUT2D eigenvalue weighted by atomic mass is 10.2. The van der Waals surface area contributed by atoms with Gasteiger partial charge in [0.2, 0.25) is 0 Å². The van der Waals surface area contributed by atoms with Gasteiger partial charge >= 0.3 is 0 Å². The lowest BCUT2D eigenvalue weighted by molar-refractivity contribution is 0.0682. The number of carbonyl (C=O) groups excluding carboxylic acids is 1. The molecule has 1 atom stereocenters. The topological polar surface area (TPSA) is 69.6 Å². The fourth-order valence-electron chi connectivity index (χ4n) is 2.76. The van der Waals surface area contributed by atoms with Crippen LogP contribution in [-0.2, 0) is 11.3 Å². The second-order valence-corrected chi connectivity index (χ2v) is 5.94. The summed E-state index contributed by atoms with van der Waals surface area (Å²) in [7, 11) is 0. The number of carbonyl (C=O) groups is 1. The van der Waals surface area contributed by atoms with E-state index in [1.54, 1.807) is 24.4 Å². The largest absolute Gasteiger partial charge is 0.489 e. The Morgan fingerprint density at radius 3 is 2.92 bits per heavy atom. The Kier molecular flexibility index (Phi) is 5.50. The molecule has 1 unspecified atom stereocenters. The van der Waals surface area contributed by atoms with Crippen LogP contribution in [0.4, 0.5) is 5.69 Å². The van der Waals surface area contributed by atoms with Gasteiger partial charge in [-0.05, 0) is 38.0 Å². The Hall–Kier alpha value is -2.60. The normalized spacial score (nSPS) is 16.6. The monoisotopic (exact) mass is 342 g/mol. The second kappa shape index (κ2) is 7.98. The molecule has 0 spiro atoms. The zero-order chi connectivity index (χ0) is 17.6. The van der Waals surface area contributed by atoms with Crippen molar-refractivity contribution in [2.75, 3.05) is 18.5 Å². The van der Waals surface area contributed by atoms with Gasteiger partial charge in [-0.15, -0.1) is 0 Å². The van der Waals surface area contributed by atoms with Gasteiger partial charge in [-0.2, -0.15) is 0 Å². The van der Waals surface area contributed by atoms with Crippen molar-refractivity contribution in [3.05, 3.63) is 58.5 Å². The molecule has 1 aliphatic heterocycles. The molecule has 1 N–H and O–H groups in total. The number of nitrogens with zero attached hydrogens (tertiary/aromatic N) is 1. The first-order valence-electron chi connectivity index (χ1n) is 8.52. The number of aryl methyl sites for hydroxylation is 1. The third-order valence-electron chi connectivity index (χ3n) is 4.18. The predicted molar refractivity (Wildman–Crippen MR) is 95.2 cm³/mol. The van der Waals surface area contributed by atoms with Crippen LogP contribution in [0.2, 0.25) is 0 Å². The van der Waals surface area contributed by atoms with Gasteiger partial charge in [-0.25, -0.2) is 0 Å². The van der Waals surface area contributed by atoms with E-state index in [0.717, 1.165) is 19.4 Å². The standard InChI is InChI=1S/C19H22N2O4/c1-2-21-10-9-14(12-18(21)22)19(23)20-16-7-3-4-8-17(16)25-13-15-6-5-11-24-15/h3-4,7-10,12,15H,2,5-6,11,13H2,1H3,(H,20,23). The van der Waals surface area contributed by atoms with E-state index >= 15 is 0 Å². The predicted octanol–water partition coefficient (Wildman–Crippen LogP) is 2.68. The Labute approximate surface area is 146 Å². The molecule has 132 valence electrons. The number of hydrogen-bond acceptors (Lipinski definition) is 4. The van der Waals surface area contributed by atoms with E-state index in [9.17, 15) is 9.59 Å². The number of benzene rings is 1. The van der Waals surface area contributed by atoms with Crippen LogP contribution in [0.1, 0.15) is 30.1 Å². The van der Waals surface area contributed by atoms with Gasteiger partial charge in [-0.3, -0.25) is 9.59 Å². The summed E-state index contributed by atoms with van der Waals surface area (Å²) in [6.45, 7) is 3.68. The maximum atomic E-state index is 12.4. The van der Waals surface area contributed by atoms with Crippen molar-refractivity contribution in [3.63, 3.8) is 0 Å². The maximum Gasteiger partial charge on any atom is 0.256 e. The van der Waals surface area contributed by atoms with Gasteiger partial charge in [0, 0.05) is 31.0 Å². The highest BCUT2D eigenvalue weighted by molar-refractivity contribution is 6.04. The number of rotatable bonds is 6. The molecule has 1 aromatic heterocycles. The number of aromatic nitrogens is 1. The summed E-state index contributed by atoms with van der Waals surface area (Å²) in [6.07, 6.45) is 3.76. The zero-order valence-corrected chi connectivity index (χ0v) is 14.2. The lowest BCUT2D eigenvalue weighted by Crippen LogP contribution is -2.22. The second-order valence-electron chi connectivity index (χ2n) is 5.94. The van der Waals surface area contributed by atoms with E-state index in [-0.39, 0.29) is 17.6 Å². The Bertz CT molecular complexity index is 794. The van der Waals surface area contributed by atoms with Gasteiger partial charge in [0.05, 0.1) is 11.8 Å². The molecular weight excluding hydrogens is 320 g/mol. The van der Waals surface area contributed by atoms with Crippen LogP contribution in [0.15, 0.2) is 47.4 Å².